The van der Waals surface area contributed by atoms with Crippen LogP contribution in [0.4, 0.5) is 0 Å². The minimum atomic E-state index is -0.506. The van der Waals surface area contributed by atoms with Crippen LogP contribution in [0.15, 0.2) is 11.6 Å². The molecule has 0 spiro atoms. The molecular weight excluding hydrogens is 194 g/mol. The van der Waals surface area contributed by atoms with Crippen molar-refractivity contribution in [2.24, 2.45) is 5.41 Å². The zero-order valence-corrected chi connectivity index (χ0v) is 9.42. The Kier molecular flexibility index (Phi) is 3.50. The van der Waals surface area contributed by atoms with E-state index in [-0.39, 0.29) is 5.91 Å². The Morgan fingerprint density at radius 1 is 1.53 bits per heavy atom. The number of rotatable bonds is 3. The number of methoxy groups -OCH3 is 1. The van der Waals surface area contributed by atoms with Crippen LogP contribution < -0.4 is 5.32 Å². The van der Waals surface area contributed by atoms with Gasteiger partial charge in [-0.1, -0.05) is 13.8 Å². The van der Waals surface area contributed by atoms with E-state index in [1.165, 1.54) is 13.2 Å². The van der Waals surface area contributed by atoms with Crippen molar-refractivity contribution >= 4 is 11.9 Å². The van der Waals surface area contributed by atoms with Gasteiger partial charge in [-0.05, 0) is 18.4 Å². The fraction of sp³-hybridized carbons (Fsp3) is 0.636. The van der Waals surface area contributed by atoms with Crippen molar-refractivity contribution in [3.05, 3.63) is 11.6 Å². The third-order valence-electron chi connectivity index (χ3n) is 3.19. The third-order valence-corrected chi connectivity index (χ3v) is 3.19. The van der Waals surface area contributed by atoms with Gasteiger partial charge in [-0.3, -0.25) is 4.79 Å². The van der Waals surface area contributed by atoms with Crippen LogP contribution in [0.5, 0.6) is 0 Å². The number of hydrogen-bond donors (Lipinski definition) is 1. The SMILES string of the molecule is CCC1(CC)C(=O)NC/C1=C\C(=O)OC. The lowest BCUT2D eigenvalue weighted by Crippen LogP contribution is -2.30. The van der Waals surface area contributed by atoms with E-state index in [9.17, 15) is 9.59 Å². The minimum absolute atomic E-state index is 0.0163. The van der Waals surface area contributed by atoms with E-state index < -0.39 is 11.4 Å². The van der Waals surface area contributed by atoms with E-state index in [0.717, 1.165) is 5.57 Å². The average Bonchev–Trinajstić information content (AvgIpc) is 2.56. The molecule has 1 rings (SSSR count). The van der Waals surface area contributed by atoms with Crippen LogP contribution in [0.3, 0.4) is 0 Å². The summed E-state index contributed by atoms with van der Waals surface area (Å²) in [6.45, 7) is 4.37. The Morgan fingerprint density at radius 3 is 2.60 bits per heavy atom. The number of carbonyl (C=O) groups excluding carboxylic acids is 2. The van der Waals surface area contributed by atoms with Gasteiger partial charge in [0.2, 0.25) is 5.91 Å². The number of nitrogens with one attached hydrogen (secondary N) is 1. The molecule has 1 aliphatic rings. The predicted octanol–water partition coefficient (Wildman–Crippen LogP) is 1.02. The summed E-state index contributed by atoms with van der Waals surface area (Å²) in [6.07, 6.45) is 2.85. The molecule has 0 atom stereocenters. The van der Waals surface area contributed by atoms with Gasteiger partial charge in [0.1, 0.15) is 0 Å². The molecule has 0 unspecified atom stereocenters. The van der Waals surface area contributed by atoms with Gasteiger partial charge in [0.25, 0.3) is 0 Å². The zero-order chi connectivity index (χ0) is 11.5. The van der Waals surface area contributed by atoms with Gasteiger partial charge >= 0.3 is 5.97 Å². The first-order chi connectivity index (χ1) is 7.10. The maximum Gasteiger partial charge on any atom is 0.330 e. The second-order valence-corrected chi connectivity index (χ2v) is 3.66. The van der Waals surface area contributed by atoms with Crippen molar-refractivity contribution in [3.63, 3.8) is 0 Å². The molecule has 1 heterocycles. The van der Waals surface area contributed by atoms with Crippen LogP contribution in [-0.2, 0) is 14.3 Å². The molecule has 0 aromatic carbocycles. The summed E-state index contributed by atoms with van der Waals surface area (Å²) < 4.78 is 4.58. The highest BCUT2D eigenvalue weighted by Gasteiger charge is 2.43. The molecule has 4 heteroatoms. The van der Waals surface area contributed by atoms with E-state index in [1.807, 2.05) is 13.8 Å². The van der Waals surface area contributed by atoms with Crippen LogP contribution in [0.1, 0.15) is 26.7 Å². The Labute approximate surface area is 89.7 Å². The predicted molar refractivity (Wildman–Crippen MR) is 56.1 cm³/mol. The topological polar surface area (TPSA) is 55.4 Å². The molecule has 0 radical (unpaired) electrons. The van der Waals surface area contributed by atoms with Crippen molar-refractivity contribution in [2.45, 2.75) is 26.7 Å². The summed E-state index contributed by atoms with van der Waals surface area (Å²) in [5.41, 5.74) is 0.332. The lowest BCUT2D eigenvalue weighted by atomic mass is 9.77. The zero-order valence-electron chi connectivity index (χ0n) is 9.42. The molecule has 1 aliphatic heterocycles. The Bertz CT molecular complexity index is 303. The number of ether oxygens (including phenoxy) is 1. The van der Waals surface area contributed by atoms with Crippen LogP contribution >= 0.6 is 0 Å². The van der Waals surface area contributed by atoms with Gasteiger partial charge < -0.3 is 10.1 Å². The molecule has 1 amide bonds. The number of carbonyl (C=O) groups is 2. The van der Waals surface area contributed by atoms with E-state index in [4.69, 9.17) is 0 Å². The standard InChI is InChI=1S/C11H17NO3/c1-4-11(5-2)8(6-9(13)15-3)7-12-10(11)14/h6H,4-5,7H2,1-3H3,(H,12,14)/b8-6+. The first kappa shape index (κ1) is 11.8. The summed E-state index contributed by atoms with van der Waals surface area (Å²) in [4.78, 5) is 22.9. The van der Waals surface area contributed by atoms with Crippen LogP contribution in [0.25, 0.3) is 0 Å². The van der Waals surface area contributed by atoms with Gasteiger partial charge in [0.15, 0.2) is 0 Å². The Morgan fingerprint density at radius 2 is 2.13 bits per heavy atom. The molecule has 1 N–H and O–H groups in total. The molecule has 0 aromatic rings. The van der Waals surface area contributed by atoms with E-state index in [0.29, 0.717) is 19.4 Å². The van der Waals surface area contributed by atoms with Crippen molar-refractivity contribution in [1.82, 2.24) is 5.32 Å². The summed E-state index contributed by atoms with van der Waals surface area (Å²) in [6, 6.07) is 0. The molecule has 0 aliphatic carbocycles. The molecule has 0 aromatic heterocycles. The van der Waals surface area contributed by atoms with Crippen molar-refractivity contribution in [2.75, 3.05) is 13.7 Å². The van der Waals surface area contributed by atoms with Gasteiger partial charge in [-0.25, -0.2) is 4.79 Å². The van der Waals surface area contributed by atoms with Gasteiger partial charge in [-0.15, -0.1) is 0 Å². The van der Waals surface area contributed by atoms with Gasteiger partial charge in [0, 0.05) is 12.6 Å². The average molecular weight is 211 g/mol. The number of amides is 1. The monoisotopic (exact) mass is 211 g/mol. The summed E-state index contributed by atoms with van der Waals surface area (Å²) >= 11 is 0. The van der Waals surface area contributed by atoms with E-state index in [1.54, 1.807) is 0 Å². The molecule has 4 nitrogen and oxygen atoms in total. The maximum absolute atomic E-state index is 11.7. The van der Waals surface area contributed by atoms with Crippen molar-refractivity contribution < 1.29 is 14.3 Å². The highest BCUT2D eigenvalue weighted by atomic mass is 16.5. The summed E-state index contributed by atoms with van der Waals surface area (Å²) in [5.74, 6) is -0.379. The highest BCUT2D eigenvalue weighted by Crippen LogP contribution is 2.38. The largest absolute Gasteiger partial charge is 0.466 e. The van der Waals surface area contributed by atoms with Crippen LogP contribution in [-0.4, -0.2) is 25.5 Å². The van der Waals surface area contributed by atoms with Crippen molar-refractivity contribution in [1.29, 1.82) is 0 Å². The molecule has 1 fully saturated rings. The van der Waals surface area contributed by atoms with E-state index >= 15 is 0 Å². The van der Waals surface area contributed by atoms with E-state index in [2.05, 4.69) is 10.1 Å². The first-order valence-corrected chi connectivity index (χ1v) is 5.18. The highest BCUT2D eigenvalue weighted by molar-refractivity contribution is 5.93. The second kappa shape index (κ2) is 4.47. The molecule has 0 saturated carbocycles. The lowest BCUT2D eigenvalue weighted by Gasteiger charge is -2.24. The minimum Gasteiger partial charge on any atom is -0.466 e. The van der Waals surface area contributed by atoms with Crippen molar-refractivity contribution in [3.8, 4) is 0 Å². The smallest absolute Gasteiger partial charge is 0.330 e. The fourth-order valence-electron chi connectivity index (χ4n) is 2.08. The lowest BCUT2D eigenvalue weighted by molar-refractivity contribution is -0.134. The molecule has 0 bridgehead atoms. The molecule has 84 valence electrons. The third kappa shape index (κ3) is 1.89. The fourth-order valence-corrected chi connectivity index (χ4v) is 2.08. The molecular formula is C11H17NO3. The second-order valence-electron chi connectivity index (χ2n) is 3.66. The summed E-state index contributed by atoms with van der Waals surface area (Å²) in [7, 11) is 1.34. The Hall–Kier alpha value is -1.32. The molecule has 15 heavy (non-hydrogen) atoms. The number of esters is 1. The summed E-state index contributed by atoms with van der Waals surface area (Å²) in [5, 5.41) is 2.78. The molecule has 1 saturated heterocycles. The van der Waals surface area contributed by atoms with Gasteiger partial charge in [0.05, 0.1) is 12.5 Å². The van der Waals surface area contributed by atoms with Crippen LogP contribution in [0, 0.1) is 5.41 Å². The maximum atomic E-state index is 11.7. The van der Waals surface area contributed by atoms with Gasteiger partial charge in [-0.2, -0.15) is 0 Å². The van der Waals surface area contributed by atoms with Crippen LogP contribution in [0.2, 0.25) is 0 Å². The quantitative estimate of drug-likeness (QED) is 0.560. The normalized spacial score (nSPS) is 21.5. The number of hydrogen-bond acceptors (Lipinski definition) is 3. The Balaban J connectivity index is 3.04. The first-order valence-electron chi connectivity index (χ1n) is 5.18.